The van der Waals surface area contributed by atoms with Crippen LogP contribution in [0.5, 0.6) is 5.75 Å². The predicted octanol–water partition coefficient (Wildman–Crippen LogP) is 6.99. The molecule has 39 heavy (non-hydrogen) atoms. The van der Waals surface area contributed by atoms with Gasteiger partial charge in [0.1, 0.15) is 23.5 Å². The standard InChI is InChI=1S/C24H19F2N3O.C8H17N.H2/c1-13-8-18-17-4-2-3-5-21(17)28-23(18)24(22-19(25)10-16(30)11-20(22)26)29(13)15-7-6-14(9-15)12-27;1-2-3-6-9-7-4-5-8-9;/h2-5,7,10-11,13,15,24,28,30H,8-9H2,1H3;2-8H2,1H3;1H/t13-,15?,24-;;/m1../s1. The Bertz CT molecular complexity index is 1430. The fourth-order valence-electron chi connectivity index (χ4n) is 6.30. The number of likely N-dealkylation sites (tertiary alicyclic amines) is 1. The zero-order chi connectivity index (χ0) is 27.5. The third kappa shape index (κ3) is 5.51. The Kier molecular flexibility index (Phi) is 8.18. The average molecular weight is 533 g/mol. The number of fused-ring (bicyclic) bond motifs is 3. The largest absolute Gasteiger partial charge is 0.508 e. The molecular weight excluding hydrogens is 494 g/mol. The van der Waals surface area contributed by atoms with Gasteiger partial charge in [0, 0.05) is 54.2 Å². The number of halogens is 2. The first kappa shape index (κ1) is 27.1. The fourth-order valence-corrected chi connectivity index (χ4v) is 6.30. The van der Waals surface area contributed by atoms with Crippen molar-refractivity contribution in [2.75, 3.05) is 19.6 Å². The molecule has 7 heteroatoms. The average Bonchev–Trinajstić information content (AvgIpc) is 3.67. The van der Waals surface area contributed by atoms with Crippen LogP contribution in [0.3, 0.4) is 0 Å². The van der Waals surface area contributed by atoms with E-state index in [4.69, 9.17) is 0 Å². The number of aromatic amines is 1. The maximum atomic E-state index is 15.1. The minimum Gasteiger partial charge on any atom is -0.508 e. The van der Waals surface area contributed by atoms with Gasteiger partial charge in [-0.2, -0.15) is 5.26 Å². The predicted molar refractivity (Wildman–Crippen MR) is 151 cm³/mol. The van der Waals surface area contributed by atoms with Gasteiger partial charge in [-0.05, 0) is 69.9 Å². The van der Waals surface area contributed by atoms with Crippen LogP contribution in [0.4, 0.5) is 8.78 Å². The number of hydrogen-bond acceptors (Lipinski definition) is 4. The number of hydrogen-bond donors (Lipinski definition) is 2. The Morgan fingerprint density at radius 3 is 2.54 bits per heavy atom. The van der Waals surface area contributed by atoms with Gasteiger partial charge in [0.05, 0.1) is 11.6 Å². The van der Waals surface area contributed by atoms with E-state index in [-0.39, 0.29) is 19.1 Å². The third-order valence-corrected chi connectivity index (χ3v) is 8.17. The number of nitrogens with one attached hydrogen (secondary N) is 1. The zero-order valence-corrected chi connectivity index (χ0v) is 22.7. The van der Waals surface area contributed by atoms with Crippen molar-refractivity contribution in [3.63, 3.8) is 0 Å². The number of unbranched alkanes of at least 4 members (excludes halogenated alkanes) is 1. The van der Waals surface area contributed by atoms with Gasteiger partial charge < -0.3 is 15.0 Å². The Hall–Kier alpha value is -3.43. The van der Waals surface area contributed by atoms with Crippen molar-refractivity contribution in [3.05, 3.63) is 82.2 Å². The highest BCUT2D eigenvalue weighted by Crippen LogP contribution is 2.45. The molecule has 0 radical (unpaired) electrons. The van der Waals surface area contributed by atoms with E-state index in [1.807, 2.05) is 42.2 Å². The Morgan fingerprint density at radius 1 is 1.15 bits per heavy atom. The molecule has 2 aliphatic heterocycles. The summed E-state index contributed by atoms with van der Waals surface area (Å²) in [6.07, 6.45) is 8.58. The van der Waals surface area contributed by atoms with E-state index in [0.29, 0.717) is 18.4 Å². The topological polar surface area (TPSA) is 66.3 Å². The number of phenolic OH excluding ortho intramolecular Hbond substituents is 1. The molecule has 1 aromatic heterocycles. The van der Waals surface area contributed by atoms with Crippen molar-refractivity contribution < 1.29 is 15.3 Å². The molecule has 0 bridgehead atoms. The van der Waals surface area contributed by atoms with Gasteiger partial charge in [0.15, 0.2) is 0 Å². The van der Waals surface area contributed by atoms with Crippen LogP contribution in [-0.2, 0) is 6.42 Å². The molecule has 2 N–H and O–H groups in total. The highest BCUT2D eigenvalue weighted by molar-refractivity contribution is 5.85. The molecule has 1 saturated heterocycles. The maximum absolute atomic E-state index is 15.1. The van der Waals surface area contributed by atoms with E-state index in [1.165, 1.54) is 45.3 Å². The van der Waals surface area contributed by atoms with Gasteiger partial charge in [-0.25, -0.2) is 8.78 Å². The molecule has 0 amide bonds. The van der Waals surface area contributed by atoms with Crippen LogP contribution in [0.2, 0.25) is 0 Å². The Labute approximate surface area is 230 Å². The van der Waals surface area contributed by atoms with Gasteiger partial charge in [-0.15, -0.1) is 5.73 Å². The van der Waals surface area contributed by atoms with Crippen LogP contribution in [0.15, 0.2) is 53.8 Å². The summed E-state index contributed by atoms with van der Waals surface area (Å²) in [4.78, 5) is 8.01. The summed E-state index contributed by atoms with van der Waals surface area (Å²) < 4.78 is 30.1. The second kappa shape index (κ2) is 11.8. The minimum atomic E-state index is -0.795. The number of benzene rings is 2. The molecular formula is C32H38F2N4O. The van der Waals surface area contributed by atoms with Crippen molar-refractivity contribution in [3.8, 4) is 11.8 Å². The van der Waals surface area contributed by atoms with Gasteiger partial charge in [-0.3, -0.25) is 4.90 Å². The molecule has 1 unspecified atom stereocenters. The number of nitrogens with zero attached hydrogens (tertiary/aromatic N) is 3. The summed E-state index contributed by atoms with van der Waals surface area (Å²) in [6.45, 7) is 8.36. The van der Waals surface area contributed by atoms with E-state index in [1.54, 1.807) is 0 Å². The fraction of sp³-hybridized carbons (Fsp3) is 0.438. The van der Waals surface area contributed by atoms with Crippen molar-refractivity contribution in [2.24, 2.45) is 0 Å². The Balaban J connectivity index is 0.000000317. The number of aromatic nitrogens is 1. The van der Waals surface area contributed by atoms with Gasteiger partial charge in [-0.1, -0.05) is 31.5 Å². The van der Waals surface area contributed by atoms with Crippen molar-refractivity contribution >= 4 is 10.9 Å². The number of para-hydroxylation sites is 1. The van der Waals surface area contributed by atoms with Crippen LogP contribution in [0.25, 0.3) is 10.9 Å². The molecule has 2 aromatic carbocycles. The first-order valence-corrected chi connectivity index (χ1v) is 14.0. The number of rotatable bonds is 5. The molecule has 1 fully saturated rings. The summed E-state index contributed by atoms with van der Waals surface area (Å²) in [6, 6.07) is 10.9. The minimum absolute atomic E-state index is 0. The third-order valence-electron chi connectivity index (χ3n) is 8.17. The van der Waals surface area contributed by atoms with Crippen LogP contribution in [0, 0.1) is 23.0 Å². The van der Waals surface area contributed by atoms with Crippen LogP contribution >= 0.6 is 0 Å². The molecule has 206 valence electrons. The molecule has 3 aliphatic rings. The summed E-state index contributed by atoms with van der Waals surface area (Å²) in [7, 11) is 0. The van der Waals surface area contributed by atoms with E-state index in [2.05, 4.69) is 28.6 Å². The van der Waals surface area contributed by atoms with E-state index >= 15 is 8.78 Å². The summed E-state index contributed by atoms with van der Waals surface area (Å²) >= 11 is 0. The lowest BCUT2D eigenvalue weighted by Crippen LogP contribution is -2.48. The normalized spacial score (nSPS) is 22.8. The lowest BCUT2D eigenvalue weighted by Gasteiger charge is -2.44. The van der Waals surface area contributed by atoms with Gasteiger partial charge in [0.2, 0.25) is 0 Å². The molecule has 3 aromatic rings. The first-order valence-electron chi connectivity index (χ1n) is 14.0. The van der Waals surface area contributed by atoms with Crippen molar-refractivity contribution in [2.45, 2.75) is 70.5 Å². The van der Waals surface area contributed by atoms with Crippen LogP contribution in [0.1, 0.15) is 70.2 Å². The lowest BCUT2D eigenvalue weighted by molar-refractivity contribution is 0.112. The molecule has 3 atom stereocenters. The summed E-state index contributed by atoms with van der Waals surface area (Å²) in [5.41, 5.74) is 6.11. The Morgan fingerprint density at radius 2 is 1.87 bits per heavy atom. The smallest absolute Gasteiger partial charge is 0.135 e. The van der Waals surface area contributed by atoms with E-state index < -0.39 is 23.4 Å². The summed E-state index contributed by atoms with van der Waals surface area (Å²) in [5, 5.41) is 20.0. The molecule has 6 rings (SSSR count). The van der Waals surface area contributed by atoms with E-state index in [0.717, 1.165) is 34.3 Å². The molecule has 5 nitrogen and oxygen atoms in total. The number of phenols is 1. The molecule has 1 aliphatic carbocycles. The highest BCUT2D eigenvalue weighted by Gasteiger charge is 2.42. The maximum Gasteiger partial charge on any atom is 0.135 e. The first-order chi connectivity index (χ1) is 18.9. The SMILES string of the molecule is CCCCN1CCCC1.C[C@@H]1Cc2c([nH]c3ccccc23)[C@@H](c2c(F)cc(O)cc2F)N1C1C=C=C(C#N)C1.[HH]. The monoisotopic (exact) mass is 532 g/mol. The lowest BCUT2D eigenvalue weighted by atomic mass is 9.86. The molecule has 0 spiro atoms. The quantitative estimate of drug-likeness (QED) is 0.348. The second-order valence-corrected chi connectivity index (χ2v) is 10.9. The van der Waals surface area contributed by atoms with Crippen molar-refractivity contribution in [1.82, 2.24) is 14.8 Å². The van der Waals surface area contributed by atoms with Gasteiger partial charge in [0.25, 0.3) is 0 Å². The second-order valence-electron chi connectivity index (χ2n) is 10.9. The number of nitriles is 1. The zero-order valence-electron chi connectivity index (χ0n) is 22.7. The molecule has 3 heterocycles. The van der Waals surface area contributed by atoms with Gasteiger partial charge >= 0.3 is 0 Å². The van der Waals surface area contributed by atoms with E-state index in [9.17, 15) is 10.4 Å². The van der Waals surface area contributed by atoms with Crippen LogP contribution in [-0.4, -0.2) is 51.6 Å². The van der Waals surface area contributed by atoms with Crippen molar-refractivity contribution in [1.29, 1.82) is 5.26 Å². The number of aromatic hydroxyl groups is 1. The highest BCUT2D eigenvalue weighted by atomic mass is 19.1. The number of H-pyrrole nitrogens is 1. The molecule has 0 saturated carbocycles. The summed E-state index contributed by atoms with van der Waals surface area (Å²) in [5.74, 6) is -2.04. The van der Waals surface area contributed by atoms with Crippen LogP contribution < -0.4 is 0 Å².